The van der Waals surface area contributed by atoms with Crippen LogP contribution in [-0.4, -0.2) is 26.4 Å². The third-order valence-corrected chi connectivity index (χ3v) is 4.54. The van der Waals surface area contributed by atoms with Gasteiger partial charge in [0.2, 0.25) is 0 Å². The van der Waals surface area contributed by atoms with Gasteiger partial charge in [0.15, 0.2) is 23.0 Å². The first kappa shape index (κ1) is 17.7. The third kappa shape index (κ3) is 2.96. The van der Waals surface area contributed by atoms with Gasteiger partial charge in [0.1, 0.15) is 11.5 Å². The number of furan rings is 1. The van der Waals surface area contributed by atoms with Crippen molar-refractivity contribution in [1.29, 1.82) is 0 Å². The summed E-state index contributed by atoms with van der Waals surface area (Å²) in [5.74, 6) is 3.32. The van der Waals surface area contributed by atoms with Gasteiger partial charge in [-0.25, -0.2) is 0 Å². The lowest BCUT2D eigenvalue weighted by molar-refractivity contribution is 0.355. The van der Waals surface area contributed by atoms with Crippen molar-refractivity contribution in [3.05, 3.63) is 47.5 Å². The SMILES string of the molecule is COc1cc(-c2oc(-c3ccc(OC)c(OC)c3)c(C)c2C)ccc1O. The van der Waals surface area contributed by atoms with E-state index in [9.17, 15) is 5.11 Å². The molecule has 0 radical (unpaired) electrons. The Labute approximate surface area is 152 Å². The second-order valence-corrected chi connectivity index (χ2v) is 5.97. The molecule has 0 aliphatic carbocycles. The van der Waals surface area contributed by atoms with Gasteiger partial charge >= 0.3 is 0 Å². The number of hydrogen-bond donors (Lipinski definition) is 1. The lowest BCUT2D eigenvalue weighted by atomic mass is 10.0. The van der Waals surface area contributed by atoms with Gasteiger partial charge < -0.3 is 23.7 Å². The van der Waals surface area contributed by atoms with Crippen LogP contribution in [0.25, 0.3) is 22.6 Å². The van der Waals surface area contributed by atoms with Gasteiger partial charge in [-0.05, 0) is 61.4 Å². The standard InChI is InChI=1S/C21H22O5/c1-12-13(2)21(15-7-9-17(23-3)19(11-15)25-5)26-20(12)14-6-8-16(22)18(10-14)24-4/h6-11,22H,1-5H3. The monoisotopic (exact) mass is 354 g/mol. The fourth-order valence-electron chi connectivity index (χ4n) is 2.94. The second-order valence-electron chi connectivity index (χ2n) is 5.97. The van der Waals surface area contributed by atoms with E-state index in [-0.39, 0.29) is 5.75 Å². The van der Waals surface area contributed by atoms with E-state index in [1.165, 1.54) is 7.11 Å². The van der Waals surface area contributed by atoms with Crippen molar-refractivity contribution in [2.75, 3.05) is 21.3 Å². The van der Waals surface area contributed by atoms with Crippen molar-refractivity contribution < 1.29 is 23.7 Å². The van der Waals surface area contributed by atoms with Crippen LogP contribution in [0.5, 0.6) is 23.0 Å². The molecule has 5 nitrogen and oxygen atoms in total. The van der Waals surface area contributed by atoms with E-state index in [1.807, 2.05) is 38.1 Å². The predicted octanol–water partition coefficient (Wildman–Crippen LogP) is 4.96. The summed E-state index contributed by atoms with van der Waals surface area (Å²) >= 11 is 0. The molecule has 0 aliphatic rings. The molecule has 2 aromatic carbocycles. The molecule has 3 aromatic rings. The van der Waals surface area contributed by atoms with Crippen LogP contribution >= 0.6 is 0 Å². The molecule has 0 saturated heterocycles. The van der Waals surface area contributed by atoms with Crippen molar-refractivity contribution in [1.82, 2.24) is 0 Å². The Morgan fingerprint density at radius 2 is 1.19 bits per heavy atom. The van der Waals surface area contributed by atoms with Crippen LogP contribution < -0.4 is 14.2 Å². The molecule has 3 rings (SSSR count). The topological polar surface area (TPSA) is 61.1 Å². The van der Waals surface area contributed by atoms with Crippen LogP contribution in [-0.2, 0) is 0 Å². The molecule has 0 unspecified atom stereocenters. The lowest BCUT2D eigenvalue weighted by Gasteiger charge is -2.09. The first-order chi connectivity index (χ1) is 12.5. The molecule has 1 aromatic heterocycles. The first-order valence-electron chi connectivity index (χ1n) is 8.20. The van der Waals surface area contributed by atoms with E-state index in [4.69, 9.17) is 18.6 Å². The summed E-state index contributed by atoms with van der Waals surface area (Å²) in [6, 6.07) is 10.9. The molecule has 0 amide bonds. The minimum atomic E-state index is 0.0947. The van der Waals surface area contributed by atoms with E-state index in [0.29, 0.717) is 17.2 Å². The zero-order valence-electron chi connectivity index (χ0n) is 15.5. The Morgan fingerprint density at radius 3 is 1.73 bits per heavy atom. The summed E-state index contributed by atoms with van der Waals surface area (Å²) in [6.07, 6.45) is 0. The second kappa shape index (κ2) is 7.04. The van der Waals surface area contributed by atoms with E-state index in [2.05, 4.69) is 0 Å². The summed E-state index contributed by atoms with van der Waals surface area (Å²) in [4.78, 5) is 0. The molecular weight excluding hydrogens is 332 g/mol. The molecule has 1 N–H and O–H groups in total. The van der Waals surface area contributed by atoms with E-state index >= 15 is 0 Å². The van der Waals surface area contributed by atoms with Crippen molar-refractivity contribution in [3.63, 3.8) is 0 Å². The highest BCUT2D eigenvalue weighted by molar-refractivity contribution is 5.74. The molecule has 5 heteroatoms. The molecule has 0 fully saturated rings. The Bertz CT molecular complexity index is 940. The Hall–Kier alpha value is -3.08. The highest BCUT2D eigenvalue weighted by Gasteiger charge is 2.19. The minimum absolute atomic E-state index is 0.0947. The number of hydrogen-bond acceptors (Lipinski definition) is 5. The van der Waals surface area contributed by atoms with Gasteiger partial charge in [-0.3, -0.25) is 0 Å². The van der Waals surface area contributed by atoms with Gasteiger partial charge in [-0.1, -0.05) is 0 Å². The summed E-state index contributed by atoms with van der Waals surface area (Å²) in [5, 5.41) is 9.81. The molecule has 0 bridgehead atoms. The van der Waals surface area contributed by atoms with E-state index in [0.717, 1.165) is 33.8 Å². The zero-order valence-corrected chi connectivity index (χ0v) is 15.5. The molecule has 0 saturated carbocycles. The number of ether oxygens (including phenoxy) is 3. The zero-order chi connectivity index (χ0) is 18.8. The average molecular weight is 354 g/mol. The lowest BCUT2D eigenvalue weighted by Crippen LogP contribution is -1.90. The molecule has 0 aliphatic heterocycles. The normalized spacial score (nSPS) is 10.7. The number of phenols is 1. The van der Waals surface area contributed by atoms with Crippen molar-refractivity contribution in [2.45, 2.75) is 13.8 Å². The van der Waals surface area contributed by atoms with Crippen LogP contribution in [0, 0.1) is 13.8 Å². The first-order valence-corrected chi connectivity index (χ1v) is 8.20. The number of methoxy groups -OCH3 is 3. The Morgan fingerprint density at radius 1 is 0.692 bits per heavy atom. The van der Waals surface area contributed by atoms with Crippen molar-refractivity contribution in [2.24, 2.45) is 0 Å². The van der Waals surface area contributed by atoms with Crippen molar-refractivity contribution in [3.8, 4) is 45.6 Å². The van der Waals surface area contributed by atoms with Crippen LogP contribution in [0.1, 0.15) is 11.1 Å². The van der Waals surface area contributed by atoms with E-state index < -0.39 is 0 Å². The number of aromatic hydroxyl groups is 1. The van der Waals surface area contributed by atoms with Gasteiger partial charge in [0, 0.05) is 11.1 Å². The summed E-state index contributed by atoms with van der Waals surface area (Å²) in [6.45, 7) is 4.03. The molecule has 1 heterocycles. The maximum Gasteiger partial charge on any atom is 0.161 e. The smallest absolute Gasteiger partial charge is 0.161 e. The predicted molar refractivity (Wildman–Crippen MR) is 100 cm³/mol. The maximum absolute atomic E-state index is 9.81. The van der Waals surface area contributed by atoms with Gasteiger partial charge in [-0.15, -0.1) is 0 Å². The Kier molecular flexibility index (Phi) is 4.80. The number of phenolic OH excluding ortho intramolecular Hbond substituents is 1. The highest BCUT2D eigenvalue weighted by Crippen LogP contribution is 2.41. The van der Waals surface area contributed by atoms with Crippen LogP contribution in [0.4, 0.5) is 0 Å². The molecule has 26 heavy (non-hydrogen) atoms. The van der Waals surface area contributed by atoms with Crippen molar-refractivity contribution >= 4 is 0 Å². The highest BCUT2D eigenvalue weighted by atomic mass is 16.5. The maximum atomic E-state index is 9.81. The van der Waals surface area contributed by atoms with Crippen LogP contribution in [0.3, 0.4) is 0 Å². The number of rotatable bonds is 5. The summed E-state index contributed by atoms with van der Waals surface area (Å²) < 4.78 is 22.1. The molecule has 0 atom stereocenters. The molecule has 136 valence electrons. The third-order valence-electron chi connectivity index (χ3n) is 4.54. The average Bonchev–Trinajstić information content (AvgIpc) is 2.96. The minimum Gasteiger partial charge on any atom is -0.504 e. The molecule has 0 spiro atoms. The quantitative estimate of drug-likeness (QED) is 0.701. The fourth-order valence-corrected chi connectivity index (χ4v) is 2.94. The fraction of sp³-hybridized carbons (Fsp3) is 0.238. The molecular formula is C21H22O5. The van der Waals surface area contributed by atoms with Crippen LogP contribution in [0.2, 0.25) is 0 Å². The number of benzene rings is 2. The van der Waals surface area contributed by atoms with Crippen LogP contribution in [0.15, 0.2) is 40.8 Å². The largest absolute Gasteiger partial charge is 0.504 e. The van der Waals surface area contributed by atoms with Gasteiger partial charge in [0.25, 0.3) is 0 Å². The summed E-state index contributed by atoms with van der Waals surface area (Å²) in [7, 11) is 4.74. The van der Waals surface area contributed by atoms with E-state index in [1.54, 1.807) is 26.4 Å². The summed E-state index contributed by atoms with van der Waals surface area (Å²) in [5.41, 5.74) is 3.81. The van der Waals surface area contributed by atoms with Gasteiger partial charge in [-0.2, -0.15) is 0 Å². The Balaban J connectivity index is 2.11. The van der Waals surface area contributed by atoms with Gasteiger partial charge in [0.05, 0.1) is 21.3 Å².